The van der Waals surface area contributed by atoms with Gasteiger partial charge in [0.05, 0.1) is 20.4 Å². The summed E-state index contributed by atoms with van der Waals surface area (Å²) in [4.78, 5) is 35.1. The molecule has 3 N–H and O–H groups in total. The Bertz CT molecular complexity index is 2930. The van der Waals surface area contributed by atoms with E-state index in [9.17, 15) is 22.6 Å². The predicted molar refractivity (Wildman–Crippen MR) is 225 cm³/mol. The van der Waals surface area contributed by atoms with E-state index in [0.29, 0.717) is 32.0 Å². The molecule has 9 rings (SSSR count). The largest absolute Gasteiger partial charge is 0.449 e. The van der Waals surface area contributed by atoms with Gasteiger partial charge in [0.15, 0.2) is 0 Å². The van der Waals surface area contributed by atoms with Crippen LogP contribution in [0.3, 0.4) is 0 Å². The number of carbonyl (C=O) groups is 2. The molecule has 1 aliphatic carbocycles. The number of alkyl carbamates (subject to hydrolysis) is 1. The zero-order valence-electron chi connectivity index (χ0n) is 30.2. The Morgan fingerprint density at radius 1 is 0.754 bits per heavy atom. The third-order valence-electron chi connectivity index (χ3n) is 9.99. The summed E-state index contributed by atoms with van der Waals surface area (Å²) in [7, 11) is -4.41. The second kappa shape index (κ2) is 14.7. The summed E-state index contributed by atoms with van der Waals surface area (Å²) in [5.74, 6) is -0.281. The lowest BCUT2D eigenvalue weighted by molar-refractivity contribution is 0.102. The number of amides is 2. The van der Waals surface area contributed by atoms with Crippen LogP contribution in [0.25, 0.3) is 52.7 Å². The molecule has 0 spiro atoms. The molecule has 0 unspecified atom stereocenters. The van der Waals surface area contributed by atoms with Gasteiger partial charge >= 0.3 is 6.09 Å². The molecule has 0 radical (unpaired) electrons. The van der Waals surface area contributed by atoms with Crippen LogP contribution in [0.15, 0.2) is 132 Å². The highest BCUT2D eigenvalue weighted by molar-refractivity contribution is 7.86. The molecule has 0 saturated carbocycles. The number of rotatable bonds is 9. The third-order valence-corrected chi connectivity index (χ3v) is 13.4. The van der Waals surface area contributed by atoms with E-state index in [1.807, 2.05) is 66.7 Å². The van der Waals surface area contributed by atoms with Crippen LogP contribution >= 0.6 is 22.7 Å². The number of nitrogens with one attached hydrogen (secondary N) is 2. The maximum absolute atomic E-state index is 13.1. The molecule has 57 heavy (non-hydrogen) atoms. The van der Waals surface area contributed by atoms with E-state index in [2.05, 4.69) is 39.9 Å². The fourth-order valence-electron chi connectivity index (χ4n) is 7.19. The molecule has 0 aliphatic heterocycles. The Balaban J connectivity index is 0.804. The van der Waals surface area contributed by atoms with Crippen molar-refractivity contribution in [2.45, 2.75) is 24.3 Å². The Hall–Kier alpha value is -6.25. The first-order valence-corrected chi connectivity index (χ1v) is 21.0. The maximum atomic E-state index is 13.1. The van der Waals surface area contributed by atoms with Gasteiger partial charge in [0, 0.05) is 34.8 Å². The molecular weight excluding hydrogens is 777 g/mol. The van der Waals surface area contributed by atoms with Crippen molar-refractivity contribution in [3.05, 3.63) is 155 Å². The topological polar surface area (TPSA) is 148 Å². The highest BCUT2D eigenvalue weighted by atomic mass is 32.2. The standard InChI is InChI=1S/C44H32N4O6S3/c1-25-10-20-37-39(40(25)57(51,52)53)56-43(48-37)29-17-21-36-38(22-29)55-42(47-36)28-15-18-30(19-16-28)46-41(49)27-13-11-26(12-14-27)23-45-44(50)54-24-35-33-8-4-2-6-31(33)32-7-3-5-9-34(32)35/h2-22,35H,23-24H2,1H3,(H,45,50)(H,46,49)(H,51,52,53). The second-order valence-electron chi connectivity index (χ2n) is 13.7. The molecular formula is C44H32N4O6S3. The number of ether oxygens (including phenoxy) is 1. The van der Waals surface area contributed by atoms with Crippen molar-refractivity contribution in [2.75, 3.05) is 11.9 Å². The molecule has 0 saturated heterocycles. The zero-order valence-corrected chi connectivity index (χ0v) is 32.7. The van der Waals surface area contributed by atoms with Crippen LogP contribution in [0.1, 0.15) is 38.5 Å². The summed E-state index contributed by atoms with van der Waals surface area (Å²) in [6.07, 6.45) is -0.503. The molecule has 1 aliphatic rings. The van der Waals surface area contributed by atoms with Crippen LogP contribution in [-0.4, -0.2) is 41.5 Å². The number of nitrogens with zero attached hydrogens (tertiary/aromatic N) is 2. The minimum absolute atomic E-state index is 0.0170. The molecule has 13 heteroatoms. The van der Waals surface area contributed by atoms with E-state index in [-0.39, 0.29) is 29.9 Å². The quantitative estimate of drug-likeness (QED) is 0.122. The van der Waals surface area contributed by atoms with Crippen LogP contribution in [0.5, 0.6) is 0 Å². The fraction of sp³-hybridized carbons (Fsp3) is 0.0909. The van der Waals surface area contributed by atoms with Crippen molar-refractivity contribution in [1.82, 2.24) is 15.3 Å². The second-order valence-corrected chi connectivity index (χ2v) is 17.1. The maximum Gasteiger partial charge on any atom is 0.407 e. The van der Waals surface area contributed by atoms with E-state index >= 15 is 0 Å². The minimum atomic E-state index is -4.41. The molecule has 10 nitrogen and oxygen atoms in total. The lowest BCUT2D eigenvalue weighted by atomic mass is 9.98. The Kier molecular flexibility index (Phi) is 9.37. The first-order chi connectivity index (χ1) is 27.6. The van der Waals surface area contributed by atoms with Gasteiger partial charge in [-0.15, -0.1) is 22.7 Å². The smallest absolute Gasteiger partial charge is 0.407 e. The van der Waals surface area contributed by atoms with Crippen LogP contribution in [0.4, 0.5) is 10.5 Å². The summed E-state index contributed by atoms with van der Waals surface area (Å²) >= 11 is 2.73. The number of anilines is 1. The van der Waals surface area contributed by atoms with E-state index < -0.39 is 16.2 Å². The van der Waals surface area contributed by atoms with Crippen molar-refractivity contribution in [2.24, 2.45) is 0 Å². The first kappa shape index (κ1) is 36.4. The van der Waals surface area contributed by atoms with Gasteiger partial charge in [0.2, 0.25) is 0 Å². The van der Waals surface area contributed by atoms with Gasteiger partial charge in [-0.05, 0) is 101 Å². The summed E-state index contributed by atoms with van der Waals surface area (Å²) in [5.41, 5.74) is 10.1. The molecule has 2 amide bonds. The number of fused-ring (bicyclic) bond motifs is 5. The van der Waals surface area contributed by atoms with Gasteiger partial charge in [-0.1, -0.05) is 66.7 Å². The van der Waals surface area contributed by atoms with Crippen molar-refractivity contribution >= 4 is 70.9 Å². The van der Waals surface area contributed by atoms with Gasteiger partial charge in [-0.25, -0.2) is 14.8 Å². The van der Waals surface area contributed by atoms with Crippen LogP contribution in [-0.2, 0) is 21.4 Å². The van der Waals surface area contributed by atoms with Crippen molar-refractivity contribution in [3.63, 3.8) is 0 Å². The predicted octanol–water partition coefficient (Wildman–Crippen LogP) is 10.1. The van der Waals surface area contributed by atoms with Crippen molar-refractivity contribution in [1.29, 1.82) is 0 Å². The van der Waals surface area contributed by atoms with Crippen LogP contribution < -0.4 is 10.6 Å². The van der Waals surface area contributed by atoms with Crippen LogP contribution in [0, 0.1) is 6.92 Å². The van der Waals surface area contributed by atoms with Gasteiger partial charge < -0.3 is 15.4 Å². The van der Waals surface area contributed by atoms with Crippen molar-refractivity contribution < 1.29 is 27.3 Å². The normalized spacial score (nSPS) is 12.4. The molecule has 2 heterocycles. The fourth-order valence-corrected chi connectivity index (χ4v) is 10.5. The average Bonchev–Trinajstić information content (AvgIpc) is 3.93. The molecule has 2 aromatic heterocycles. The van der Waals surface area contributed by atoms with Gasteiger partial charge in [0.25, 0.3) is 16.0 Å². The van der Waals surface area contributed by atoms with Gasteiger partial charge in [-0.3, -0.25) is 9.35 Å². The SMILES string of the molecule is Cc1ccc2nc(-c3ccc4nc(-c5ccc(NC(=O)c6ccc(CNC(=O)OCC7c8ccccc8-c8ccccc87)cc6)cc5)sc4c3)sc2c1S(=O)(=O)O. The number of carbonyl (C=O) groups excluding carboxylic acids is 2. The number of hydrogen-bond acceptors (Lipinski definition) is 9. The average molecular weight is 809 g/mol. The molecule has 8 aromatic rings. The highest BCUT2D eigenvalue weighted by Crippen LogP contribution is 2.44. The van der Waals surface area contributed by atoms with E-state index in [4.69, 9.17) is 9.72 Å². The summed E-state index contributed by atoms with van der Waals surface area (Å²) in [5, 5.41) is 7.19. The van der Waals surface area contributed by atoms with Crippen molar-refractivity contribution in [3.8, 4) is 32.3 Å². The van der Waals surface area contributed by atoms with Crippen LogP contribution in [0.2, 0.25) is 0 Å². The number of aryl methyl sites for hydroxylation is 1. The molecule has 0 bridgehead atoms. The summed E-state index contributed by atoms with van der Waals surface area (Å²) in [6, 6.07) is 40.1. The van der Waals surface area contributed by atoms with E-state index in [1.165, 1.54) is 33.8 Å². The molecule has 282 valence electrons. The monoisotopic (exact) mass is 808 g/mol. The molecule has 0 atom stereocenters. The number of hydrogen-bond donors (Lipinski definition) is 3. The highest BCUT2D eigenvalue weighted by Gasteiger charge is 2.29. The lowest BCUT2D eigenvalue weighted by Gasteiger charge is -2.14. The third kappa shape index (κ3) is 7.17. The Labute approximate surface area is 335 Å². The summed E-state index contributed by atoms with van der Waals surface area (Å²) < 4.78 is 41.0. The number of thiazole rings is 2. The first-order valence-electron chi connectivity index (χ1n) is 18.0. The molecule has 6 aromatic carbocycles. The Morgan fingerprint density at radius 2 is 1.39 bits per heavy atom. The Morgan fingerprint density at radius 3 is 2.09 bits per heavy atom. The van der Waals surface area contributed by atoms with E-state index in [1.54, 1.807) is 43.3 Å². The lowest BCUT2D eigenvalue weighted by Crippen LogP contribution is -2.25. The number of benzene rings is 6. The molecule has 0 fully saturated rings. The van der Waals surface area contributed by atoms with E-state index in [0.717, 1.165) is 43.0 Å². The minimum Gasteiger partial charge on any atom is -0.449 e. The zero-order chi connectivity index (χ0) is 39.3. The van der Waals surface area contributed by atoms with Gasteiger partial charge in [0.1, 0.15) is 21.5 Å². The van der Waals surface area contributed by atoms with Gasteiger partial charge in [-0.2, -0.15) is 8.42 Å². The number of aromatic nitrogens is 2. The summed E-state index contributed by atoms with van der Waals surface area (Å²) in [6.45, 7) is 2.14.